The zero-order valence-corrected chi connectivity index (χ0v) is 20.2. The summed E-state index contributed by atoms with van der Waals surface area (Å²) < 4.78 is 21.5. The minimum Gasteiger partial charge on any atom is -0.494 e. The van der Waals surface area contributed by atoms with E-state index < -0.39 is 11.9 Å². The molecule has 0 aromatic heterocycles. The van der Waals surface area contributed by atoms with Gasteiger partial charge in [-0.1, -0.05) is 29.3 Å². The van der Waals surface area contributed by atoms with Gasteiger partial charge in [-0.15, -0.1) is 0 Å². The van der Waals surface area contributed by atoms with Crippen molar-refractivity contribution >= 4 is 47.1 Å². The van der Waals surface area contributed by atoms with Crippen LogP contribution in [0.3, 0.4) is 0 Å². The standard InChI is InChI=1S/C26H19Cl2NO6/c1-3-33-18-8-5-16(6-9-18)24-29-21(26(31)35-24)12-15-4-11-22(23(13-15)32-2)34-25(30)19-10-7-17(27)14-20(19)28/h4-14H,3H2,1-2H3/b21-12-. The third kappa shape index (κ3) is 5.65. The molecule has 7 nitrogen and oxygen atoms in total. The summed E-state index contributed by atoms with van der Waals surface area (Å²) in [6, 6.07) is 16.4. The molecule has 1 heterocycles. The van der Waals surface area contributed by atoms with Crippen molar-refractivity contribution in [1.82, 2.24) is 0 Å². The molecule has 0 atom stereocenters. The fourth-order valence-electron chi connectivity index (χ4n) is 3.22. The van der Waals surface area contributed by atoms with Gasteiger partial charge in [0.15, 0.2) is 17.2 Å². The molecule has 0 spiro atoms. The Bertz CT molecular complexity index is 1350. The first-order valence-corrected chi connectivity index (χ1v) is 11.2. The lowest BCUT2D eigenvalue weighted by Crippen LogP contribution is -2.10. The molecule has 0 aliphatic carbocycles. The van der Waals surface area contributed by atoms with Gasteiger partial charge in [-0.2, -0.15) is 0 Å². The third-order valence-electron chi connectivity index (χ3n) is 4.88. The highest BCUT2D eigenvalue weighted by atomic mass is 35.5. The molecule has 0 fully saturated rings. The summed E-state index contributed by atoms with van der Waals surface area (Å²) in [5.74, 6) is 0.115. The van der Waals surface area contributed by atoms with Crippen molar-refractivity contribution < 1.29 is 28.5 Å². The number of carbonyl (C=O) groups is 2. The number of hydrogen-bond donors (Lipinski definition) is 0. The average molecular weight is 512 g/mol. The Hall–Kier alpha value is -3.81. The quantitative estimate of drug-likeness (QED) is 0.221. The molecule has 0 saturated heterocycles. The minimum absolute atomic E-state index is 0.119. The monoisotopic (exact) mass is 511 g/mol. The van der Waals surface area contributed by atoms with Gasteiger partial charge >= 0.3 is 11.9 Å². The minimum atomic E-state index is -0.667. The van der Waals surface area contributed by atoms with Gasteiger partial charge in [-0.25, -0.2) is 14.6 Å². The number of methoxy groups -OCH3 is 1. The van der Waals surface area contributed by atoms with Crippen LogP contribution < -0.4 is 14.2 Å². The predicted molar refractivity (Wildman–Crippen MR) is 133 cm³/mol. The van der Waals surface area contributed by atoms with Crippen LogP contribution in [-0.4, -0.2) is 31.6 Å². The molecule has 35 heavy (non-hydrogen) atoms. The molecule has 0 unspecified atom stereocenters. The number of rotatable bonds is 7. The first-order valence-electron chi connectivity index (χ1n) is 10.5. The lowest BCUT2D eigenvalue weighted by Gasteiger charge is -2.11. The van der Waals surface area contributed by atoms with E-state index in [-0.39, 0.29) is 33.7 Å². The topological polar surface area (TPSA) is 83.4 Å². The largest absolute Gasteiger partial charge is 0.494 e. The Morgan fingerprint density at radius 1 is 1.03 bits per heavy atom. The van der Waals surface area contributed by atoms with Crippen molar-refractivity contribution in [3.63, 3.8) is 0 Å². The van der Waals surface area contributed by atoms with Gasteiger partial charge in [-0.3, -0.25) is 0 Å². The molecule has 0 N–H and O–H groups in total. The second-order valence-corrected chi connectivity index (χ2v) is 8.06. The number of cyclic esters (lactones) is 1. The molecule has 3 aromatic rings. The van der Waals surface area contributed by atoms with Crippen molar-refractivity contribution in [3.05, 3.63) is 93.1 Å². The fourth-order valence-corrected chi connectivity index (χ4v) is 3.70. The SMILES string of the molecule is CCOc1ccc(C2=N/C(=C\c3ccc(OC(=O)c4ccc(Cl)cc4Cl)c(OC)c3)C(=O)O2)cc1. The van der Waals surface area contributed by atoms with Gasteiger partial charge in [0, 0.05) is 10.6 Å². The molecule has 3 aromatic carbocycles. The molecule has 1 aliphatic heterocycles. The maximum absolute atomic E-state index is 12.5. The smallest absolute Gasteiger partial charge is 0.363 e. The normalized spacial score (nSPS) is 13.9. The molecule has 9 heteroatoms. The Morgan fingerprint density at radius 3 is 2.49 bits per heavy atom. The van der Waals surface area contributed by atoms with Crippen molar-refractivity contribution in [3.8, 4) is 17.2 Å². The van der Waals surface area contributed by atoms with E-state index in [2.05, 4.69) is 4.99 Å². The van der Waals surface area contributed by atoms with Gasteiger partial charge in [0.1, 0.15) is 5.75 Å². The molecular formula is C26H19Cl2NO6. The van der Waals surface area contributed by atoms with Crippen LogP contribution in [0.15, 0.2) is 71.4 Å². The fraction of sp³-hybridized carbons (Fsp3) is 0.115. The Labute approximate surface area is 211 Å². The Balaban J connectivity index is 1.54. The number of aliphatic imine (C=N–C) groups is 1. The third-order valence-corrected chi connectivity index (χ3v) is 5.43. The lowest BCUT2D eigenvalue weighted by molar-refractivity contribution is -0.129. The maximum atomic E-state index is 12.5. The van der Waals surface area contributed by atoms with Crippen molar-refractivity contribution in [2.45, 2.75) is 6.92 Å². The average Bonchev–Trinajstić information content (AvgIpc) is 3.20. The van der Waals surface area contributed by atoms with Gasteiger partial charge in [-0.05, 0) is 73.2 Å². The Kier molecular flexibility index (Phi) is 7.39. The van der Waals surface area contributed by atoms with Crippen LogP contribution in [0.5, 0.6) is 17.2 Å². The van der Waals surface area contributed by atoms with E-state index in [1.165, 1.54) is 19.2 Å². The van der Waals surface area contributed by atoms with Gasteiger partial charge in [0.25, 0.3) is 0 Å². The summed E-state index contributed by atoms with van der Waals surface area (Å²) in [6.07, 6.45) is 1.55. The molecular weight excluding hydrogens is 493 g/mol. The summed E-state index contributed by atoms with van der Waals surface area (Å²) >= 11 is 12.0. The van der Waals surface area contributed by atoms with E-state index in [4.69, 9.17) is 42.1 Å². The summed E-state index contributed by atoms with van der Waals surface area (Å²) in [5.41, 5.74) is 1.52. The zero-order valence-electron chi connectivity index (χ0n) is 18.7. The van der Waals surface area contributed by atoms with Crippen LogP contribution in [0.25, 0.3) is 6.08 Å². The first kappa shape index (κ1) is 24.3. The van der Waals surface area contributed by atoms with E-state index in [0.29, 0.717) is 28.5 Å². The highest BCUT2D eigenvalue weighted by Crippen LogP contribution is 2.31. The van der Waals surface area contributed by atoms with Crippen molar-refractivity contribution in [2.75, 3.05) is 13.7 Å². The van der Waals surface area contributed by atoms with Gasteiger partial charge in [0.2, 0.25) is 5.90 Å². The number of nitrogens with zero attached hydrogens (tertiary/aromatic N) is 1. The van der Waals surface area contributed by atoms with Crippen LogP contribution in [0, 0.1) is 0 Å². The van der Waals surface area contributed by atoms with Crippen LogP contribution in [0.2, 0.25) is 10.0 Å². The molecule has 1 aliphatic rings. The highest BCUT2D eigenvalue weighted by molar-refractivity contribution is 6.36. The zero-order chi connectivity index (χ0) is 24.9. The number of hydrogen-bond acceptors (Lipinski definition) is 7. The van der Waals surface area contributed by atoms with Crippen molar-refractivity contribution in [1.29, 1.82) is 0 Å². The number of benzene rings is 3. The van der Waals surface area contributed by atoms with E-state index >= 15 is 0 Å². The maximum Gasteiger partial charge on any atom is 0.363 e. The van der Waals surface area contributed by atoms with E-state index in [9.17, 15) is 9.59 Å². The van der Waals surface area contributed by atoms with E-state index in [0.717, 1.165) is 0 Å². The predicted octanol–water partition coefficient (Wildman–Crippen LogP) is 5.96. The first-order chi connectivity index (χ1) is 16.9. The van der Waals surface area contributed by atoms with Crippen LogP contribution in [-0.2, 0) is 9.53 Å². The second-order valence-electron chi connectivity index (χ2n) is 7.22. The Morgan fingerprint density at radius 2 is 1.80 bits per heavy atom. The molecule has 4 rings (SSSR count). The molecule has 178 valence electrons. The van der Waals surface area contributed by atoms with Crippen LogP contribution >= 0.6 is 23.2 Å². The number of carbonyl (C=O) groups excluding carboxylic acids is 2. The van der Waals surface area contributed by atoms with Crippen LogP contribution in [0.1, 0.15) is 28.4 Å². The summed E-state index contributed by atoms with van der Waals surface area (Å²) in [7, 11) is 1.44. The summed E-state index contributed by atoms with van der Waals surface area (Å²) in [4.78, 5) is 29.2. The highest BCUT2D eigenvalue weighted by Gasteiger charge is 2.24. The van der Waals surface area contributed by atoms with E-state index in [1.807, 2.05) is 6.92 Å². The van der Waals surface area contributed by atoms with Crippen LogP contribution in [0.4, 0.5) is 0 Å². The summed E-state index contributed by atoms with van der Waals surface area (Å²) in [6.45, 7) is 2.45. The molecule has 0 amide bonds. The molecule has 0 bridgehead atoms. The van der Waals surface area contributed by atoms with Gasteiger partial charge in [0.05, 0.1) is 24.3 Å². The number of esters is 2. The van der Waals surface area contributed by atoms with E-state index in [1.54, 1.807) is 54.6 Å². The summed E-state index contributed by atoms with van der Waals surface area (Å²) in [5, 5.41) is 0.573. The van der Waals surface area contributed by atoms with Crippen molar-refractivity contribution in [2.24, 2.45) is 4.99 Å². The molecule has 0 saturated carbocycles. The second kappa shape index (κ2) is 10.6. The van der Waals surface area contributed by atoms with Gasteiger partial charge < -0.3 is 18.9 Å². The molecule has 0 radical (unpaired) electrons. The lowest BCUT2D eigenvalue weighted by atomic mass is 10.1. The number of halogens is 2. The number of ether oxygens (including phenoxy) is 4.